The van der Waals surface area contributed by atoms with Crippen LogP contribution in [0.2, 0.25) is 0 Å². The van der Waals surface area contributed by atoms with Crippen molar-refractivity contribution in [2.75, 3.05) is 0 Å². The first-order valence-corrected chi connectivity index (χ1v) is 3.64. The molecule has 4 heteroatoms. The van der Waals surface area contributed by atoms with Crippen LogP contribution in [0.1, 0.15) is 20.3 Å². The minimum atomic E-state index is -1.23. The van der Waals surface area contributed by atoms with Crippen LogP contribution in [0.3, 0.4) is 0 Å². The third-order valence-corrected chi connectivity index (χ3v) is 1.57. The first kappa shape index (κ1) is 8.93. The molecule has 0 aromatic rings. The molecular formula is C8H11NO3. The van der Waals surface area contributed by atoms with Crippen LogP contribution in [0.25, 0.3) is 0 Å². The van der Waals surface area contributed by atoms with Gasteiger partial charge in [-0.2, -0.15) is 0 Å². The number of allylic oxidation sites excluding steroid dienone is 1. The number of esters is 2. The SMILES string of the molecule is CC(C)=CC1(N)CC(=O)OC1=O. The largest absolute Gasteiger partial charge is 0.391 e. The highest BCUT2D eigenvalue weighted by molar-refractivity contribution is 6.01. The van der Waals surface area contributed by atoms with Crippen molar-refractivity contribution in [1.82, 2.24) is 0 Å². The summed E-state index contributed by atoms with van der Waals surface area (Å²) in [5.41, 5.74) is 5.29. The van der Waals surface area contributed by atoms with Gasteiger partial charge in [0, 0.05) is 0 Å². The zero-order valence-electron chi connectivity index (χ0n) is 7.09. The Labute approximate surface area is 70.4 Å². The molecular weight excluding hydrogens is 158 g/mol. The van der Waals surface area contributed by atoms with Crippen LogP contribution in [0.5, 0.6) is 0 Å². The summed E-state index contributed by atoms with van der Waals surface area (Å²) in [6, 6.07) is 0. The van der Waals surface area contributed by atoms with E-state index < -0.39 is 17.5 Å². The van der Waals surface area contributed by atoms with E-state index in [4.69, 9.17) is 5.73 Å². The molecule has 1 atom stereocenters. The first-order chi connectivity index (χ1) is 5.44. The summed E-state index contributed by atoms with van der Waals surface area (Å²) in [5.74, 6) is -1.21. The summed E-state index contributed by atoms with van der Waals surface area (Å²) in [6.45, 7) is 3.62. The van der Waals surface area contributed by atoms with E-state index in [0.29, 0.717) is 0 Å². The average Bonchev–Trinajstić information content (AvgIpc) is 2.04. The molecule has 12 heavy (non-hydrogen) atoms. The van der Waals surface area contributed by atoms with Crippen LogP contribution in [0.4, 0.5) is 0 Å². The van der Waals surface area contributed by atoms with Gasteiger partial charge in [-0.3, -0.25) is 4.79 Å². The van der Waals surface area contributed by atoms with Crippen molar-refractivity contribution < 1.29 is 14.3 Å². The molecule has 0 aromatic carbocycles. The molecule has 0 spiro atoms. The Balaban J connectivity index is 2.92. The minimum Gasteiger partial charge on any atom is -0.391 e. The summed E-state index contributed by atoms with van der Waals surface area (Å²) >= 11 is 0. The van der Waals surface area contributed by atoms with Gasteiger partial charge in [-0.1, -0.05) is 11.6 Å². The second-order valence-corrected chi connectivity index (χ2v) is 3.20. The van der Waals surface area contributed by atoms with Crippen molar-refractivity contribution in [2.45, 2.75) is 25.8 Å². The Hall–Kier alpha value is -1.16. The van der Waals surface area contributed by atoms with Crippen LogP contribution in [-0.2, 0) is 14.3 Å². The second-order valence-electron chi connectivity index (χ2n) is 3.20. The molecule has 1 rings (SSSR count). The highest BCUT2D eigenvalue weighted by atomic mass is 16.6. The Morgan fingerprint density at radius 2 is 2.17 bits per heavy atom. The number of carbonyl (C=O) groups excluding carboxylic acids is 2. The monoisotopic (exact) mass is 169 g/mol. The van der Waals surface area contributed by atoms with E-state index in [1.807, 2.05) is 13.8 Å². The molecule has 2 N–H and O–H groups in total. The number of nitrogens with two attached hydrogens (primary N) is 1. The van der Waals surface area contributed by atoms with Gasteiger partial charge in [-0.15, -0.1) is 0 Å². The topological polar surface area (TPSA) is 69.4 Å². The standard InChI is InChI=1S/C8H11NO3/c1-5(2)3-8(9)4-6(10)12-7(8)11/h3H,4,9H2,1-2H3. The van der Waals surface area contributed by atoms with Gasteiger partial charge in [-0.25, -0.2) is 4.79 Å². The molecule has 1 unspecified atom stereocenters. The van der Waals surface area contributed by atoms with E-state index in [1.54, 1.807) is 6.08 Å². The lowest BCUT2D eigenvalue weighted by Gasteiger charge is -2.12. The number of hydrogen-bond donors (Lipinski definition) is 1. The van der Waals surface area contributed by atoms with E-state index >= 15 is 0 Å². The number of hydrogen-bond acceptors (Lipinski definition) is 4. The third kappa shape index (κ3) is 1.53. The summed E-state index contributed by atoms with van der Waals surface area (Å²) in [5, 5.41) is 0. The lowest BCUT2D eigenvalue weighted by molar-refractivity contribution is -0.153. The molecule has 1 saturated heterocycles. The van der Waals surface area contributed by atoms with Gasteiger partial charge in [0.1, 0.15) is 5.54 Å². The van der Waals surface area contributed by atoms with Gasteiger partial charge in [-0.05, 0) is 13.8 Å². The molecule has 66 valence electrons. The molecule has 1 aliphatic heterocycles. The van der Waals surface area contributed by atoms with Gasteiger partial charge in [0.05, 0.1) is 6.42 Å². The van der Waals surface area contributed by atoms with Crippen molar-refractivity contribution >= 4 is 11.9 Å². The third-order valence-electron chi connectivity index (χ3n) is 1.57. The highest BCUT2D eigenvalue weighted by Crippen LogP contribution is 2.21. The number of cyclic esters (lactones) is 2. The predicted octanol–water partition coefficient (Wildman–Crippen LogP) is 0.124. The molecule has 1 heterocycles. The maximum atomic E-state index is 11.0. The Bertz CT molecular complexity index is 265. The lowest BCUT2D eigenvalue weighted by Crippen LogP contribution is -2.42. The molecule has 1 aliphatic rings. The zero-order valence-corrected chi connectivity index (χ0v) is 7.09. The van der Waals surface area contributed by atoms with Gasteiger partial charge < -0.3 is 10.5 Å². The second kappa shape index (κ2) is 2.71. The molecule has 0 radical (unpaired) electrons. The fourth-order valence-electron chi connectivity index (χ4n) is 1.17. The smallest absolute Gasteiger partial charge is 0.338 e. The van der Waals surface area contributed by atoms with Crippen molar-refractivity contribution in [3.05, 3.63) is 11.6 Å². The van der Waals surface area contributed by atoms with Gasteiger partial charge >= 0.3 is 11.9 Å². The molecule has 0 aromatic heterocycles. The van der Waals surface area contributed by atoms with Crippen LogP contribution in [0.15, 0.2) is 11.6 Å². The number of ether oxygens (including phenoxy) is 1. The van der Waals surface area contributed by atoms with Crippen molar-refractivity contribution in [2.24, 2.45) is 5.73 Å². The lowest BCUT2D eigenvalue weighted by atomic mass is 9.97. The van der Waals surface area contributed by atoms with Crippen LogP contribution < -0.4 is 5.73 Å². The van der Waals surface area contributed by atoms with E-state index in [9.17, 15) is 9.59 Å². The van der Waals surface area contributed by atoms with E-state index in [1.165, 1.54) is 0 Å². The molecule has 0 aliphatic carbocycles. The number of rotatable bonds is 1. The van der Waals surface area contributed by atoms with Gasteiger partial charge in [0.15, 0.2) is 0 Å². The molecule has 0 saturated carbocycles. The Morgan fingerprint density at radius 1 is 1.58 bits per heavy atom. The summed E-state index contributed by atoms with van der Waals surface area (Å²) in [6.07, 6.45) is 1.50. The molecule has 0 bridgehead atoms. The summed E-state index contributed by atoms with van der Waals surface area (Å²) < 4.78 is 4.33. The Kier molecular flexibility index (Phi) is 2.02. The summed E-state index contributed by atoms with van der Waals surface area (Å²) in [4.78, 5) is 21.7. The van der Waals surface area contributed by atoms with Gasteiger partial charge in [0.25, 0.3) is 0 Å². The highest BCUT2D eigenvalue weighted by Gasteiger charge is 2.44. The van der Waals surface area contributed by atoms with Crippen molar-refractivity contribution in [3.63, 3.8) is 0 Å². The summed E-state index contributed by atoms with van der Waals surface area (Å²) in [7, 11) is 0. The number of carbonyl (C=O) groups is 2. The normalized spacial score (nSPS) is 28.6. The maximum Gasteiger partial charge on any atom is 0.338 e. The Morgan fingerprint density at radius 3 is 2.50 bits per heavy atom. The van der Waals surface area contributed by atoms with Crippen LogP contribution in [0, 0.1) is 0 Å². The first-order valence-electron chi connectivity index (χ1n) is 3.64. The van der Waals surface area contributed by atoms with Crippen molar-refractivity contribution in [3.8, 4) is 0 Å². The van der Waals surface area contributed by atoms with Crippen molar-refractivity contribution in [1.29, 1.82) is 0 Å². The van der Waals surface area contributed by atoms with Crippen LogP contribution >= 0.6 is 0 Å². The fourth-order valence-corrected chi connectivity index (χ4v) is 1.17. The fraction of sp³-hybridized carbons (Fsp3) is 0.500. The molecule has 1 fully saturated rings. The average molecular weight is 169 g/mol. The minimum absolute atomic E-state index is 0.0585. The molecule has 4 nitrogen and oxygen atoms in total. The van der Waals surface area contributed by atoms with E-state index in [2.05, 4.69) is 4.74 Å². The van der Waals surface area contributed by atoms with Gasteiger partial charge in [0.2, 0.25) is 0 Å². The van der Waals surface area contributed by atoms with E-state index in [-0.39, 0.29) is 6.42 Å². The zero-order chi connectivity index (χ0) is 9.35. The quantitative estimate of drug-likeness (QED) is 0.344. The maximum absolute atomic E-state index is 11.0. The predicted molar refractivity (Wildman–Crippen MR) is 42.1 cm³/mol. The van der Waals surface area contributed by atoms with Crippen LogP contribution in [-0.4, -0.2) is 17.5 Å². The molecule has 0 amide bonds. The van der Waals surface area contributed by atoms with E-state index in [0.717, 1.165) is 5.57 Å².